The number of nitrogens with zero attached hydrogens (tertiary/aromatic N) is 3. The van der Waals surface area contributed by atoms with Crippen LogP contribution in [0.3, 0.4) is 0 Å². The summed E-state index contributed by atoms with van der Waals surface area (Å²) in [5.74, 6) is -0.325. The second kappa shape index (κ2) is 8.44. The standard InChI is InChI=1S/C25H24ClFN4/c1-4-16(2)30-9-11-31(12-10-30)25-20-13-22(26)19(18-7-5-6-8-23(18)27)14-24(20)29-15-21(25)17(3)28/h4-8,13-15H,1-3,9-12,28H2. The van der Waals surface area contributed by atoms with E-state index in [0.29, 0.717) is 21.8 Å². The number of hydrogen-bond acceptors (Lipinski definition) is 4. The monoisotopic (exact) mass is 434 g/mol. The summed E-state index contributed by atoms with van der Waals surface area (Å²) in [5.41, 5.74) is 11.0. The molecule has 31 heavy (non-hydrogen) atoms. The van der Waals surface area contributed by atoms with E-state index in [1.54, 1.807) is 30.5 Å². The van der Waals surface area contributed by atoms with Gasteiger partial charge in [-0.15, -0.1) is 0 Å². The van der Waals surface area contributed by atoms with Gasteiger partial charge in [0, 0.05) is 70.9 Å². The molecule has 2 heterocycles. The Morgan fingerprint density at radius 3 is 2.45 bits per heavy atom. The van der Waals surface area contributed by atoms with E-state index in [2.05, 4.69) is 34.5 Å². The van der Waals surface area contributed by atoms with Gasteiger partial charge in [-0.25, -0.2) is 4.39 Å². The number of rotatable bonds is 5. The largest absolute Gasteiger partial charge is 0.399 e. The minimum absolute atomic E-state index is 0.325. The van der Waals surface area contributed by atoms with Gasteiger partial charge in [-0.3, -0.25) is 4.98 Å². The average Bonchev–Trinajstić information content (AvgIpc) is 2.78. The van der Waals surface area contributed by atoms with Gasteiger partial charge in [0.2, 0.25) is 0 Å². The number of allylic oxidation sites excluding steroid dienone is 1. The molecular weight excluding hydrogens is 411 g/mol. The number of hydrogen-bond donors (Lipinski definition) is 1. The van der Waals surface area contributed by atoms with E-state index < -0.39 is 0 Å². The summed E-state index contributed by atoms with van der Waals surface area (Å²) < 4.78 is 14.4. The highest BCUT2D eigenvalue weighted by molar-refractivity contribution is 6.34. The highest BCUT2D eigenvalue weighted by Crippen LogP contribution is 2.39. The molecular formula is C25H24ClFN4. The lowest BCUT2D eigenvalue weighted by molar-refractivity contribution is 0.332. The van der Waals surface area contributed by atoms with E-state index in [4.69, 9.17) is 17.3 Å². The maximum atomic E-state index is 14.4. The van der Waals surface area contributed by atoms with Gasteiger partial charge in [-0.1, -0.05) is 49.5 Å². The van der Waals surface area contributed by atoms with Gasteiger partial charge in [-0.05, 0) is 24.3 Å². The number of fused-ring (bicyclic) bond motifs is 1. The van der Waals surface area contributed by atoms with Crippen LogP contribution in [-0.4, -0.2) is 36.1 Å². The molecule has 0 spiro atoms. The van der Waals surface area contributed by atoms with Crippen molar-refractivity contribution >= 4 is 33.9 Å². The molecule has 1 aliphatic rings. The molecule has 2 N–H and O–H groups in total. The Bertz CT molecular complexity index is 1200. The Balaban J connectivity index is 1.82. The highest BCUT2D eigenvalue weighted by atomic mass is 35.5. The molecule has 2 aromatic carbocycles. The van der Waals surface area contributed by atoms with Crippen molar-refractivity contribution in [2.75, 3.05) is 31.1 Å². The summed E-state index contributed by atoms with van der Waals surface area (Å²) in [6.45, 7) is 15.0. The molecule has 0 unspecified atom stereocenters. The fourth-order valence-electron chi connectivity index (χ4n) is 4.01. The summed E-state index contributed by atoms with van der Waals surface area (Å²) in [6.07, 6.45) is 3.50. The third-order valence-corrected chi connectivity index (χ3v) is 5.99. The van der Waals surface area contributed by atoms with E-state index in [0.717, 1.165) is 54.0 Å². The summed E-state index contributed by atoms with van der Waals surface area (Å²) in [4.78, 5) is 9.05. The van der Waals surface area contributed by atoms with Crippen molar-refractivity contribution in [2.45, 2.75) is 0 Å². The summed E-state index contributed by atoms with van der Waals surface area (Å²) in [7, 11) is 0. The number of piperazine rings is 1. The van der Waals surface area contributed by atoms with Crippen molar-refractivity contribution in [3.63, 3.8) is 0 Å². The van der Waals surface area contributed by atoms with Gasteiger partial charge in [-0.2, -0.15) is 0 Å². The van der Waals surface area contributed by atoms with E-state index in [9.17, 15) is 4.39 Å². The quantitative estimate of drug-likeness (QED) is 0.543. The summed E-state index contributed by atoms with van der Waals surface area (Å²) in [5, 5.41) is 1.32. The van der Waals surface area contributed by atoms with Crippen LogP contribution in [0.2, 0.25) is 5.02 Å². The Labute approximate surface area is 186 Å². The molecule has 4 rings (SSSR count). The summed E-state index contributed by atoms with van der Waals surface area (Å²) >= 11 is 6.64. The number of benzene rings is 2. The lowest BCUT2D eigenvalue weighted by Gasteiger charge is -2.38. The molecule has 1 aliphatic heterocycles. The number of nitrogens with two attached hydrogens (primary N) is 1. The van der Waals surface area contributed by atoms with Gasteiger partial charge in [0.25, 0.3) is 0 Å². The molecule has 4 nitrogen and oxygen atoms in total. The van der Waals surface area contributed by atoms with Crippen molar-refractivity contribution in [3.8, 4) is 11.1 Å². The van der Waals surface area contributed by atoms with Crippen molar-refractivity contribution in [1.82, 2.24) is 9.88 Å². The Morgan fingerprint density at radius 2 is 1.81 bits per heavy atom. The van der Waals surface area contributed by atoms with E-state index in [-0.39, 0.29) is 5.82 Å². The fraction of sp³-hybridized carbons (Fsp3) is 0.160. The summed E-state index contributed by atoms with van der Waals surface area (Å²) in [6, 6.07) is 10.3. The van der Waals surface area contributed by atoms with Crippen LogP contribution in [0.15, 0.2) is 74.1 Å². The van der Waals surface area contributed by atoms with E-state index in [1.165, 1.54) is 6.07 Å². The average molecular weight is 435 g/mol. The van der Waals surface area contributed by atoms with Crippen molar-refractivity contribution in [3.05, 3.63) is 90.5 Å². The van der Waals surface area contributed by atoms with Crippen LogP contribution in [0.5, 0.6) is 0 Å². The molecule has 1 aromatic heterocycles. The second-order valence-electron chi connectivity index (χ2n) is 7.54. The molecule has 0 saturated carbocycles. The molecule has 0 bridgehead atoms. The first kappa shape index (κ1) is 20.9. The molecule has 0 aliphatic carbocycles. The molecule has 3 aromatic rings. The molecule has 0 amide bonds. The van der Waals surface area contributed by atoms with Crippen molar-refractivity contribution in [1.29, 1.82) is 0 Å². The van der Waals surface area contributed by atoms with Crippen LogP contribution in [0.4, 0.5) is 10.1 Å². The van der Waals surface area contributed by atoms with Crippen LogP contribution >= 0.6 is 11.6 Å². The van der Waals surface area contributed by atoms with Gasteiger partial charge in [0.05, 0.1) is 11.2 Å². The van der Waals surface area contributed by atoms with Crippen molar-refractivity contribution < 1.29 is 4.39 Å². The number of pyridine rings is 1. The van der Waals surface area contributed by atoms with Crippen LogP contribution < -0.4 is 10.6 Å². The fourth-order valence-corrected chi connectivity index (χ4v) is 4.27. The third kappa shape index (κ3) is 3.89. The molecule has 6 heteroatoms. The second-order valence-corrected chi connectivity index (χ2v) is 7.95. The molecule has 0 atom stereocenters. The first-order valence-electron chi connectivity index (χ1n) is 10.0. The molecule has 0 radical (unpaired) electrons. The van der Waals surface area contributed by atoms with Gasteiger partial charge in [0.1, 0.15) is 5.82 Å². The minimum atomic E-state index is -0.325. The lowest BCUT2D eigenvalue weighted by atomic mass is 10.00. The van der Waals surface area contributed by atoms with E-state index >= 15 is 0 Å². The lowest BCUT2D eigenvalue weighted by Crippen LogP contribution is -2.45. The predicted octanol–water partition coefficient (Wildman–Crippen LogP) is 5.45. The smallest absolute Gasteiger partial charge is 0.131 e. The van der Waals surface area contributed by atoms with Crippen LogP contribution in [0, 0.1) is 5.82 Å². The third-order valence-electron chi connectivity index (χ3n) is 5.68. The Morgan fingerprint density at radius 1 is 1.10 bits per heavy atom. The maximum Gasteiger partial charge on any atom is 0.131 e. The zero-order valence-electron chi connectivity index (χ0n) is 17.2. The minimum Gasteiger partial charge on any atom is -0.399 e. The Hall–Kier alpha value is -3.31. The number of anilines is 1. The predicted molar refractivity (Wildman–Crippen MR) is 128 cm³/mol. The van der Waals surface area contributed by atoms with E-state index in [1.807, 2.05) is 12.1 Å². The normalized spacial score (nSPS) is 14.0. The first-order valence-corrected chi connectivity index (χ1v) is 10.4. The van der Waals surface area contributed by atoms with Crippen LogP contribution in [0.1, 0.15) is 5.56 Å². The van der Waals surface area contributed by atoms with Gasteiger partial charge >= 0.3 is 0 Å². The zero-order valence-corrected chi connectivity index (χ0v) is 18.0. The van der Waals surface area contributed by atoms with Crippen molar-refractivity contribution in [2.24, 2.45) is 5.73 Å². The SMILES string of the molecule is C=CC(=C)N1CCN(c2c(C(=C)N)cnc3cc(-c4ccccc4F)c(Cl)cc23)CC1. The molecule has 1 saturated heterocycles. The zero-order chi connectivity index (χ0) is 22.1. The maximum absolute atomic E-state index is 14.4. The molecule has 1 fully saturated rings. The van der Waals surface area contributed by atoms with Crippen LogP contribution in [-0.2, 0) is 0 Å². The van der Waals surface area contributed by atoms with Gasteiger partial charge < -0.3 is 15.5 Å². The number of halogens is 2. The first-order chi connectivity index (χ1) is 14.9. The highest BCUT2D eigenvalue weighted by Gasteiger charge is 2.23. The Kier molecular flexibility index (Phi) is 5.70. The van der Waals surface area contributed by atoms with Gasteiger partial charge in [0.15, 0.2) is 0 Å². The molecule has 158 valence electrons. The topological polar surface area (TPSA) is 45.4 Å². The number of aromatic nitrogens is 1. The van der Waals surface area contributed by atoms with Crippen LogP contribution in [0.25, 0.3) is 27.7 Å².